The lowest BCUT2D eigenvalue weighted by Crippen LogP contribution is -2.18. The molecule has 1 aliphatic rings. The molecular formula is C8H16O2. The summed E-state index contributed by atoms with van der Waals surface area (Å²) in [6.07, 6.45) is 5.14. The molecule has 2 nitrogen and oxygen atoms in total. The lowest BCUT2D eigenvalue weighted by Gasteiger charge is -2.15. The van der Waals surface area contributed by atoms with Crippen LogP contribution in [0.25, 0.3) is 0 Å². The molecule has 0 radical (unpaired) electrons. The Morgan fingerprint density at radius 3 is 2.40 bits per heavy atom. The molecule has 0 aliphatic heterocycles. The number of hydrogen-bond acceptors (Lipinski definition) is 2. The van der Waals surface area contributed by atoms with Crippen LogP contribution in [0.2, 0.25) is 0 Å². The van der Waals surface area contributed by atoms with Crippen molar-refractivity contribution in [3.63, 3.8) is 0 Å². The van der Waals surface area contributed by atoms with Gasteiger partial charge in [0.25, 0.3) is 0 Å². The van der Waals surface area contributed by atoms with Crippen LogP contribution >= 0.6 is 0 Å². The van der Waals surface area contributed by atoms with Gasteiger partial charge in [-0.25, -0.2) is 0 Å². The highest BCUT2D eigenvalue weighted by molar-refractivity contribution is 4.73. The van der Waals surface area contributed by atoms with Crippen LogP contribution in [0.3, 0.4) is 0 Å². The third-order valence-corrected chi connectivity index (χ3v) is 2.37. The van der Waals surface area contributed by atoms with Crippen LogP contribution in [-0.4, -0.2) is 22.9 Å². The Morgan fingerprint density at radius 2 is 1.90 bits per heavy atom. The highest BCUT2D eigenvalue weighted by atomic mass is 16.3. The van der Waals surface area contributed by atoms with Crippen LogP contribution in [0, 0.1) is 5.92 Å². The molecule has 1 atom stereocenters. The van der Waals surface area contributed by atoms with E-state index in [9.17, 15) is 5.11 Å². The van der Waals surface area contributed by atoms with Crippen LogP contribution in [0.5, 0.6) is 0 Å². The standard InChI is InChI=1S/C8H16O2/c9-6-5-8(10)7-3-1-2-4-7/h7-10H,1-6H2/t8-/m0/s1. The van der Waals surface area contributed by atoms with Gasteiger partial charge in [-0.05, 0) is 25.2 Å². The zero-order valence-corrected chi connectivity index (χ0v) is 6.29. The first-order valence-electron chi connectivity index (χ1n) is 4.13. The molecule has 60 valence electrons. The molecule has 1 aliphatic carbocycles. The molecule has 0 aromatic carbocycles. The first-order valence-corrected chi connectivity index (χ1v) is 4.13. The van der Waals surface area contributed by atoms with E-state index < -0.39 is 0 Å². The second-order valence-corrected chi connectivity index (χ2v) is 3.12. The molecule has 0 spiro atoms. The summed E-state index contributed by atoms with van der Waals surface area (Å²) in [4.78, 5) is 0. The summed E-state index contributed by atoms with van der Waals surface area (Å²) in [6, 6.07) is 0. The van der Waals surface area contributed by atoms with Crippen molar-refractivity contribution in [3.8, 4) is 0 Å². The maximum absolute atomic E-state index is 9.39. The first kappa shape index (κ1) is 8.02. The highest BCUT2D eigenvalue weighted by Crippen LogP contribution is 2.28. The summed E-state index contributed by atoms with van der Waals surface area (Å²) in [6.45, 7) is 0.123. The fraction of sp³-hybridized carbons (Fsp3) is 1.00. The van der Waals surface area contributed by atoms with Crippen LogP contribution in [0.4, 0.5) is 0 Å². The Labute approximate surface area is 61.9 Å². The van der Waals surface area contributed by atoms with Gasteiger partial charge in [0.15, 0.2) is 0 Å². The summed E-state index contributed by atoms with van der Waals surface area (Å²) < 4.78 is 0. The van der Waals surface area contributed by atoms with Gasteiger partial charge in [0, 0.05) is 6.61 Å². The molecule has 0 amide bonds. The van der Waals surface area contributed by atoms with Crippen LogP contribution < -0.4 is 0 Å². The van der Waals surface area contributed by atoms with E-state index in [0.29, 0.717) is 12.3 Å². The average molecular weight is 144 g/mol. The normalized spacial score (nSPS) is 23.4. The Morgan fingerprint density at radius 1 is 1.30 bits per heavy atom. The predicted octanol–water partition coefficient (Wildman–Crippen LogP) is 0.920. The monoisotopic (exact) mass is 144 g/mol. The van der Waals surface area contributed by atoms with Crippen molar-refractivity contribution >= 4 is 0 Å². The molecule has 0 aromatic rings. The molecule has 0 heterocycles. The number of rotatable bonds is 3. The van der Waals surface area contributed by atoms with Gasteiger partial charge in [-0.1, -0.05) is 12.8 Å². The molecule has 0 unspecified atom stereocenters. The number of hydrogen-bond donors (Lipinski definition) is 2. The Bertz CT molecular complexity index is 87.3. The van der Waals surface area contributed by atoms with Crippen molar-refractivity contribution in [1.29, 1.82) is 0 Å². The van der Waals surface area contributed by atoms with E-state index in [1.807, 2.05) is 0 Å². The Kier molecular flexibility index (Phi) is 3.16. The summed E-state index contributed by atoms with van der Waals surface area (Å²) >= 11 is 0. The molecule has 0 bridgehead atoms. The smallest absolute Gasteiger partial charge is 0.0590 e. The average Bonchev–Trinajstić information content (AvgIpc) is 2.38. The number of aliphatic hydroxyl groups is 2. The fourth-order valence-corrected chi connectivity index (χ4v) is 1.71. The zero-order valence-electron chi connectivity index (χ0n) is 6.29. The second kappa shape index (κ2) is 3.94. The van der Waals surface area contributed by atoms with Crippen molar-refractivity contribution in [2.24, 2.45) is 5.92 Å². The van der Waals surface area contributed by atoms with E-state index in [1.165, 1.54) is 12.8 Å². The van der Waals surface area contributed by atoms with E-state index in [0.717, 1.165) is 12.8 Å². The highest BCUT2D eigenvalue weighted by Gasteiger charge is 2.22. The lowest BCUT2D eigenvalue weighted by molar-refractivity contribution is 0.0812. The molecule has 0 saturated heterocycles. The van der Waals surface area contributed by atoms with E-state index in [4.69, 9.17) is 5.11 Å². The van der Waals surface area contributed by atoms with E-state index >= 15 is 0 Å². The summed E-state index contributed by atoms with van der Waals surface area (Å²) in [5.41, 5.74) is 0. The third-order valence-electron chi connectivity index (χ3n) is 2.37. The summed E-state index contributed by atoms with van der Waals surface area (Å²) in [7, 11) is 0. The van der Waals surface area contributed by atoms with Gasteiger partial charge in [-0.15, -0.1) is 0 Å². The van der Waals surface area contributed by atoms with Gasteiger partial charge in [-0.3, -0.25) is 0 Å². The van der Waals surface area contributed by atoms with E-state index in [2.05, 4.69) is 0 Å². The molecular weight excluding hydrogens is 128 g/mol. The summed E-state index contributed by atoms with van der Waals surface area (Å²) in [5.74, 6) is 0.479. The summed E-state index contributed by atoms with van der Waals surface area (Å²) in [5, 5.41) is 17.9. The minimum Gasteiger partial charge on any atom is -0.396 e. The largest absolute Gasteiger partial charge is 0.396 e. The minimum absolute atomic E-state index is 0.123. The van der Waals surface area contributed by atoms with Crippen molar-refractivity contribution in [1.82, 2.24) is 0 Å². The van der Waals surface area contributed by atoms with Crippen molar-refractivity contribution in [3.05, 3.63) is 0 Å². The second-order valence-electron chi connectivity index (χ2n) is 3.12. The van der Waals surface area contributed by atoms with Gasteiger partial charge in [-0.2, -0.15) is 0 Å². The van der Waals surface area contributed by atoms with E-state index in [-0.39, 0.29) is 12.7 Å². The quantitative estimate of drug-likeness (QED) is 0.618. The molecule has 2 heteroatoms. The van der Waals surface area contributed by atoms with Crippen molar-refractivity contribution < 1.29 is 10.2 Å². The molecule has 1 saturated carbocycles. The maximum atomic E-state index is 9.39. The zero-order chi connectivity index (χ0) is 7.40. The van der Waals surface area contributed by atoms with Crippen LogP contribution in [0.15, 0.2) is 0 Å². The lowest BCUT2D eigenvalue weighted by atomic mass is 9.99. The third kappa shape index (κ3) is 1.96. The van der Waals surface area contributed by atoms with Gasteiger partial charge in [0.05, 0.1) is 6.10 Å². The van der Waals surface area contributed by atoms with Crippen molar-refractivity contribution in [2.75, 3.05) is 6.61 Å². The van der Waals surface area contributed by atoms with Crippen LogP contribution in [-0.2, 0) is 0 Å². The van der Waals surface area contributed by atoms with Crippen LogP contribution in [0.1, 0.15) is 32.1 Å². The topological polar surface area (TPSA) is 40.5 Å². The molecule has 2 N–H and O–H groups in total. The fourth-order valence-electron chi connectivity index (χ4n) is 1.71. The Balaban J connectivity index is 2.18. The number of aliphatic hydroxyl groups excluding tert-OH is 2. The van der Waals surface area contributed by atoms with Gasteiger partial charge in [0.1, 0.15) is 0 Å². The molecule has 1 rings (SSSR count). The maximum Gasteiger partial charge on any atom is 0.0590 e. The van der Waals surface area contributed by atoms with Gasteiger partial charge in [0.2, 0.25) is 0 Å². The minimum atomic E-state index is -0.243. The van der Waals surface area contributed by atoms with Gasteiger partial charge < -0.3 is 10.2 Å². The predicted molar refractivity (Wildman–Crippen MR) is 39.7 cm³/mol. The molecule has 0 aromatic heterocycles. The van der Waals surface area contributed by atoms with Crippen molar-refractivity contribution in [2.45, 2.75) is 38.2 Å². The SMILES string of the molecule is OCC[C@H](O)C1CCCC1. The molecule has 1 fully saturated rings. The van der Waals surface area contributed by atoms with E-state index in [1.54, 1.807) is 0 Å². The Hall–Kier alpha value is -0.0800. The molecule has 10 heavy (non-hydrogen) atoms. The first-order chi connectivity index (χ1) is 4.84. The van der Waals surface area contributed by atoms with Gasteiger partial charge >= 0.3 is 0 Å².